The molecule has 0 spiro atoms. The van der Waals surface area contributed by atoms with Gasteiger partial charge in [0.1, 0.15) is 0 Å². The van der Waals surface area contributed by atoms with Gasteiger partial charge in [0.15, 0.2) is 0 Å². The summed E-state index contributed by atoms with van der Waals surface area (Å²) in [5, 5.41) is 8.38. The summed E-state index contributed by atoms with van der Waals surface area (Å²) in [6.07, 6.45) is 0. The predicted octanol–water partition coefficient (Wildman–Crippen LogP) is 2.86. The summed E-state index contributed by atoms with van der Waals surface area (Å²) in [6.45, 7) is 4.00. The molecule has 1 aromatic carbocycles. The smallest absolute Gasteiger partial charge is 0.335 e. The molecule has 0 heterocycles. The van der Waals surface area contributed by atoms with E-state index in [1.807, 2.05) is 13.8 Å². The number of carboxylic acids is 1. The molecule has 1 radical (unpaired) electrons. The Balaban J connectivity index is -0.000000234. The molecule has 1 N–H and O–H groups in total. The normalized spacial score (nSPS) is 6.62. The molecule has 0 saturated carbocycles. The van der Waals surface area contributed by atoms with Gasteiger partial charge >= 0.3 is 5.97 Å². The molecule has 0 aliphatic carbocycles. The number of hydrogen-bond acceptors (Lipinski definition) is 1. The summed E-state index contributed by atoms with van der Waals surface area (Å²) < 4.78 is 0. The minimum absolute atomic E-state index is 0. The maximum Gasteiger partial charge on any atom is 0.335 e. The van der Waals surface area contributed by atoms with Crippen LogP contribution in [0, 0.1) is 7.43 Å². The van der Waals surface area contributed by atoms with Gasteiger partial charge in [0.25, 0.3) is 0 Å². The van der Waals surface area contributed by atoms with E-state index in [1.54, 1.807) is 30.3 Å². The van der Waals surface area contributed by atoms with Gasteiger partial charge in [-0.1, -0.05) is 32.0 Å². The first-order valence-electron chi connectivity index (χ1n) is 3.59. The van der Waals surface area contributed by atoms with E-state index in [2.05, 4.69) is 0 Å². The molecule has 0 saturated heterocycles. The van der Waals surface area contributed by atoms with Crippen LogP contribution in [0.5, 0.6) is 0 Å². The van der Waals surface area contributed by atoms with Crippen molar-refractivity contribution in [2.75, 3.05) is 0 Å². The Labute approximate surface area is 105 Å². The first-order valence-corrected chi connectivity index (χ1v) is 3.59. The van der Waals surface area contributed by atoms with E-state index in [9.17, 15) is 4.79 Å². The van der Waals surface area contributed by atoms with Crippen molar-refractivity contribution in [3.63, 3.8) is 0 Å². The number of aromatic carboxylic acids is 1. The van der Waals surface area contributed by atoms with E-state index in [1.165, 1.54) is 0 Å². The van der Waals surface area contributed by atoms with Crippen molar-refractivity contribution in [1.82, 2.24) is 0 Å². The summed E-state index contributed by atoms with van der Waals surface area (Å²) >= 11 is 0. The van der Waals surface area contributed by atoms with Crippen LogP contribution in [-0.4, -0.2) is 11.1 Å². The molecule has 1 aromatic rings. The molecule has 0 aromatic heterocycles. The summed E-state index contributed by atoms with van der Waals surface area (Å²) in [5.74, 6) is -0.879. The molecular weight excluding hydrogens is 241 g/mol. The second kappa shape index (κ2) is 11.8. The fraction of sp³-hybridized carbons (Fsp3) is 0.200. The van der Waals surface area contributed by atoms with Crippen molar-refractivity contribution < 1.29 is 42.6 Å². The molecule has 0 fully saturated rings. The molecule has 0 bridgehead atoms. The first kappa shape index (κ1) is 18.6. The molecule has 0 aliphatic rings. The molecule has 3 heteroatoms. The molecule has 0 unspecified atom stereocenters. The van der Waals surface area contributed by atoms with E-state index >= 15 is 0 Å². The van der Waals surface area contributed by atoms with E-state index in [4.69, 9.17) is 5.11 Å². The Morgan fingerprint density at radius 2 is 1.54 bits per heavy atom. The van der Waals surface area contributed by atoms with Crippen LogP contribution < -0.4 is 0 Å². The SMILES string of the molecule is CC.O=C(O)c1ccccc1.[CH3-].[Y]. The Morgan fingerprint density at radius 3 is 1.77 bits per heavy atom. The van der Waals surface area contributed by atoms with Gasteiger partial charge in [-0.25, -0.2) is 4.79 Å². The first-order chi connectivity index (χ1) is 5.30. The van der Waals surface area contributed by atoms with Crippen LogP contribution in [0.2, 0.25) is 0 Å². The Kier molecular flexibility index (Phi) is 16.8. The number of carboxylic acid groups (broad SMARTS) is 1. The number of rotatable bonds is 1. The summed E-state index contributed by atoms with van der Waals surface area (Å²) in [6, 6.07) is 8.30. The third kappa shape index (κ3) is 8.13. The maximum atomic E-state index is 10.2. The number of carbonyl (C=O) groups is 1. The number of benzene rings is 1. The molecule has 71 valence electrons. The van der Waals surface area contributed by atoms with Crippen molar-refractivity contribution in [2.24, 2.45) is 0 Å². The van der Waals surface area contributed by atoms with Crippen LogP contribution >= 0.6 is 0 Å². The van der Waals surface area contributed by atoms with Gasteiger partial charge in [-0.3, -0.25) is 0 Å². The van der Waals surface area contributed by atoms with Crippen molar-refractivity contribution in [3.8, 4) is 0 Å². The quantitative estimate of drug-likeness (QED) is 0.784. The maximum absolute atomic E-state index is 10.2. The standard InChI is InChI=1S/C7H6O2.C2H6.CH3.Y/c8-7(9)6-4-2-1-3-5-6;1-2;;/h1-5H,(H,8,9);1-2H3;1H3;/q;;-1;. The van der Waals surface area contributed by atoms with Gasteiger partial charge in [-0.15, -0.1) is 0 Å². The predicted molar refractivity (Wildman–Crippen MR) is 51.2 cm³/mol. The minimum atomic E-state index is -0.879. The van der Waals surface area contributed by atoms with Gasteiger partial charge in [0.2, 0.25) is 0 Å². The zero-order valence-electron chi connectivity index (χ0n) is 8.32. The van der Waals surface area contributed by atoms with Gasteiger partial charge in [-0.2, -0.15) is 0 Å². The van der Waals surface area contributed by atoms with Crippen LogP contribution in [0.4, 0.5) is 0 Å². The van der Waals surface area contributed by atoms with Crippen LogP contribution in [-0.2, 0) is 32.7 Å². The average Bonchev–Trinajstić information content (AvgIpc) is 2.10. The molecule has 2 nitrogen and oxygen atoms in total. The zero-order valence-corrected chi connectivity index (χ0v) is 11.2. The number of hydrogen-bond donors (Lipinski definition) is 1. The fourth-order valence-corrected chi connectivity index (χ4v) is 0.581. The molecule has 13 heavy (non-hydrogen) atoms. The van der Waals surface area contributed by atoms with E-state index < -0.39 is 5.97 Å². The molecule has 0 amide bonds. The zero-order chi connectivity index (χ0) is 8.69. The third-order valence-electron chi connectivity index (χ3n) is 1.02. The van der Waals surface area contributed by atoms with Crippen LogP contribution in [0.3, 0.4) is 0 Å². The van der Waals surface area contributed by atoms with Crippen LogP contribution in [0.15, 0.2) is 30.3 Å². The Hall–Kier alpha value is -0.206. The summed E-state index contributed by atoms with van der Waals surface area (Å²) in [7, 11) is 0. The largest absolute Gasteiger partial charge is 0.478 e. The van der Waals surface area contributed by atoms with Gasteiger partial charge in [0.05, 0.1) is 5.56 Å². The van der Waals surface area contributed by atoms with Crippen molar-refractivity contribution in [2.45, 2.75) is 13.8 Å². The van der Waals surface area contributed by atoms with Gasteiger partial charge in [0, 0.05) is 32.7 Å². The molecule has 1 rings (SSSR count). The minimum Gasteiger partial charge on any atom is -0.478 e. The van der Waals surface area contributed by atoms with Gasteiger partial charge < -0.3 is 12.5 Å². The second-order valence-corrected chi connectivity index (χ2v) is 1.67. The summed E-state index contributed by atoms with van der Waals surface area (Å²) in [5.41, 5.74) is 0.331. The van der Waals surface area contributed by atoms with E-state index in [0.717, 1.165) is 0 Å². The van der Waals surface area contributed by atoms with Crippen molar-refractivity contribution in [3.05, 3.63) is 43.3 Å². The van der Waals surface area contributed by atoms with Crippen molar-refractivity contribution in [1.29, 1.82) is 0 Å². The molecule has 0 aliphatic heterocycles. The molecule has 0 atom stereocenters. The average molecular weight is 256 g/mol. The summed E-state index contributed by atoms with van der Waals surface area (Å²) in [4.78, 5) is 10.2. The van der Waals surface area contributed by atoms with E-state index in [-0.39, 0.29) is 40.1 Å². The molecular formula is C10H15O2Y-. The fourth-order valence-electron chi connectivity index (χ4n) is 0.581. The van der Waals surface area contributed by atoms with Crippen molar-refractivity contribution >= 4 is 5.97 Å². The topological polar surface area (TPSA) is 37.3 Å². The Morgan fingerprint density at radius 1 is 1.15 bits per heavy atom. The third-order valence-corrected chi connectivity index (χ3v) is 1.02. The monoisotopic (exact) mass is 256 g/mol. The Bertz CT molecular complexity index is 209. The van der Waals surface area contributed by atoms with E-state index in [0.29, 0.717) is 5.56 Å². The van der Waals surface area contributed by atoms with Crippen LogP contribution in [0.25, 0.3) is 0 Å². The van der Waals surface area contributed by atoms with Gasteiger partial charge in [-0.05, 0) is 12.1 Å². The second-order valence-electron chi connectivity index (χ2n) is 1.67. The van der Waals surface area contributed by atoms with Crippen LogP contribution in [0.1, 0.15) is 24.2 Å².